The molecular formula is C53H67F7N10O8. The summed E-state index contributed by atoms with van der Waals surface area (Å²) in [7, 11) is 2.21. The first-order valence-corrected chi connectivity index (χ1v) is 24.8. The highest BCUT2D eigenvalue weighted by Gasteiger charge is 2.56. The third-order valence-corrected chi connectivity index (χ3v) is 13.7. The van der Waals surface area contributed by atoms with Gasteiger partial charge in [0.15, 0.2) is 0 Å². The molecule has 0 unspecified atom stereocenters. The van der Waals surface area contributed by atoms with Gasteiger partial charge in [-0.2, -0.15) is 13.2 Å². The number of primary amides is 1. The van der Waals surface area contributed by atoms with Crippen molar-refractivity contribution in [3.63, 3.8) is 0 Å². The maximum absolute atomic E-state index is 15.1. The molecule has 6 rings (SSSR count). The lowest BCUT2D eigenvalue weighted by Gasteiger charge is -2.42. The number of ether oxygens (including phenoxy) is 3. The Kier molecular flexibility index (Phi) is 21.6. The minimum absolute atomic E-state index is 0.0509. The first-order chi connectivity index (χ1) is 36.6. The normalized spacial score (nSPS) is 18.5. The number of likely N-dealkylation sites (tertiary alicyclic amines) is 1. The van der Waals surface area contributed by atoms with E-state index >= 15 is 8.78 Å². The number of alkyl carbamates (subject to hydrolysis) is 1. The summed E-state index contributed by atoms with van der Waals surface area (Å²) in [5, 5.41) is 18.4. The fourth-order valence-corrected chi connectivity index (χ4v) is 8.80. The Hall–Kier alpha value is -6.88. The van der Waals surface area contributed by atoms with Crippen LogP contribution in [0.2, 0.25) is 0 Å². The number of aliphatic hydroxyl groups excluding tert-OH is 1. The minimum atomic E-state index is -4.98. The fraction of sp³-hybridized carbons (Fsp3) is 0.528. The number of nitrogens with two attached hydrogens (primary N) is 2. The number of halogens is 7. The lowest BCUT2D eigenvalue weighted by atomic mass is 9.78. The van der Waals surface area contributed by atoms with E-state index in [9.17, 15) is 46.2 Å². The average molecular weight is 1110 g/mol. The van der Waals surface area contributed by atoms with E-state index in [1.54, 1.807) is 36.7 Å². The highest BCUT2D eigenvalue weighted by molar-refractivity contribution is 5.87. The number of carbonyl (C=O) groups is 4. The molecular weight excluding hydrogens is 1040 g/mol. The molecule has 3 saturated heterocycles. The smallest absolute Gasteiger partial charge is 0.407 e. The van der Waals surface area contributed by atoms with E-state index < -0.39 is 103 Å². The maximum atomic E-state index is 15.1. The van der Waals surface area contributed by atoms with Crippen LogP contribution in [0.25, 0.3) is 5.70 Å². The largest absolute Gasteiger partial charge is 0.469 e. The predicted molar refractivity (Wildman–Crippen MR) is 274 cm³/mol. The number of carbonyl (C=O) groups excluding carboxylic acids is 4. The molecule has 426 valence electrons. The standard InChI is InChI=1S/C44H50F7N9O5.C9H17NO3/c1-43(2,44(49,50)51)39(58-42(63)64-3)40(62)57-36(37(61)19-54-18-32-33(45)13-28(14-34(32)46)35(52)10-11-53-20-38(47)48)12-26-7-4-25(5-8-26)6-9-27-16-55-41(56-17-27)60-22-29-15-30(60)21-59(29)31-23-65-24-31;1-9(2,3)6(8(10)12)5-7(11)13-4/h4-5,7-8,10-11,13-14,16-17,29-31,36-39,54,61H,12,15,18-24,52H2,1-3H3,(H,57,62)(H,58,63);6H,5H2,1-4H3,(H2,10,12)/t29-,30-,36+,37+,39-;6-/m11/s1. The summed E-state index contributed by atoms with van der Waals surface area (Å²) in [5.74, 6) is 2.02. The van der Waals surface area contributed by atoms with Gasteiger partial charge in [-0.1, -0.05) is 44.7 Å². The number of amides is 3. The average Bonchev–Trinajstić information content (AvgIpc) is 4.03. The Bertz CT molecular complexity index is 2650. The van der Waals surface area contributed by atoms with Crippen molar-refractivity contribution in [2.45, 2.75) is 109 Å². The molecule has 3 aliphatic heterocycles. The van der Waals surface area contributed by atoms with E-state index in [1.807, 2.05) is 26.1 Å². The number of hydrogen-bond acceptors (Lipinski definition) is 15. The van der Waals surface area contributed by atoms with Gasteiger partial charge in [0.25, 0.3) is 6.43 Å². The van der Waals surface area contributed by atoms with Crippen molar-refractivity contribution in [2.24, 2.45) is 33.2 Å². The molecule has 78 heavy (non-hydrogen) atoms. The van der Waals surface area contributed by atoms with Crippen molar-refractivity contribution < 1.29 is 69.2 Å². The number of fused-ring (bicyclic) bond motifs is 2. The zero-order chi connectivity index (χ0) is 57.7. The second kappa shape index (κ2) is 27.1. The quantitative estimate of drug-likeness (QED) is 0.0391. The van der Waals surface area contributed by atoms with Crippen molar-refractivity contribution in [3.8, 4) is 11.8 Å². The van der Waals surface area contributed by atoms with Crippen LogP contribution in [-0.4, -0.2) is 153 Å². The summed E-state index contributed by atoms with van der Waals surface area (Å²) >= 11 is 0. The Morgan fingerprint density at radius 2 is 1.54 bits per heavy atom. The van der Waals surface area contributed by atoms with Crippen LogP contribution in [-0.2, 0) is 41.6 Å². The number of aromatic nitrogens is 2. The topological polar surface area (TPSA) is 249 Å². The van der Waals surface area contributed by atoms with Crippen LogP contribution in [0.3, 0.4) is 0 Å². The van der Waals surface area contributed by atoms with Gasteiger partial charge in [0.2, 0.25) is 17.8 Å². The molecule has 0 aliphatic carbocycles. The van der Waals surface area contributed by atoms with Crippen LogP contribution >= 0.6 is 0 Å². The van der Waals surface area contributed by atoms with E-state index in [0.717, 1.165) is 78.1 Å². The Morgan fingerprint density at radius 1 is 0.910 bits per heavy atom. The van der Waals surface area contributed by atoms with Crippen LogP contribution in [0, 0.1) is 40.2 Å². The van der Waals surface area contributed by atoms with Gasteiger partial charge >= 0.3 is 18.2 Å². The number of esters is 1. The maximum Gasteiger partial charge on any atom is 0.407 e. The summed E-state index contributed by atoms with van der Waals surface area (Å²) in [6.07, 6.45) is -4.18. The molecule has 18 nitrogen and oxygen atoms in total. The summed E-state index contributed by atoms with van der Waals surface area (Å²) in [6, 6.07) is 6.22. The van der Waals surface area contributed by atoms with Crippen LogP contribution in [0.15, 0.2) is 59.9 Å². The zero-order valence-electron chi connectivity index (χ0n) is 44.3. The number of alkyl halides is 5. The van der Waals surface area contributed by atoms with Gasteiger partial charge in [0, 0.05) is 79.3 Å². The molecule has 0 spiro atoms. The van der Waals surface area contributed by atoms with Crippen LogP contribution < -0.4 is 32.3 Å². The number of rotatable bonds is 20. The third kappa shape index (κ3) is 16.8. The van der Waals surface area contributed by atoms with Gasteiger partial charge in [-0.05, 0) is 68.0 Å². The number of nitrogens with one attached hydrogen (secondary N) is 3. The van der Waals surface area contributed by atoms with Gasteiger partial charge in [-0.3, -0.25) is 24.3 Å². The number of hydrogen-bond donors (Lipinski definition) is 6. The van der Waals surface area contributed by atoms with E-state index in [-0.39, 0.29) is 29.5 Å². The van der Waals surface area contributed by atoms with Crippen molar-refractivity contribution in [1.29, 1.82) is 0 Å². The first-order valence-electron chi connectivity index (χ1n) is 24.8. The molecule has 3 aliphatic rings. The van der Waals surface area contributed by atoms with Crippen LogP contribution in [0.4, 0.5) is 41.5 Å². The van der Waals surface area contributed by atoms with E-state index in [1.165, 1.54) is 7.11 Å². The van der Waals surface area contributed by atoms with E-state index in [4.69, 9.17) is 16.2 Å². The number of aliphatic imine (C=N–C) groups is 1. The molecule has 6 atom stereocenters. The Morgan fingerprint density at radius 3 is 2.05 bits per heavy atom. The van der Waals surface area contributed by atoms with Gasteiger partial charge in [-0.15, -0.1) is 0 Å². The van der Waals surface area contributed by atoms with Crippen molar-refractivity contribution in [3.05, 3.63) is 94.3 Å². The molecule has 4 heterocycles. The van der Waals surface area contributed by atoms with Crippen LogP contribution in [0.5, 0.6) is 0 Å². The molecule has 0 saturated carbocycles. The number of piperazine rings is 1. The minimum Gasteiger partial charge on any atom is -0.469 e. The molecule has 1 aromatic heterocycles. The third-order valence-electron chi connectivity index (χ3n) is 13.7. The Labute approximate surface area is 447 Å². The monoisotopic (exact) mass is 1100 g/mol. The van der Waals surface area contributed by atoms with Crippen LogP contribution in [0.1, 0.15) is 75.3 Å². The van der Waals surface area contributed by atoms with Crippen molar-refractivity contribution >= 4 is 41.7 Å². The van der Waals surface area contributed by atoms with Crippen molar-refractivity contribution in [1.82, 2.24) is 30.8 Å². The highest BCUT2D eigenvalue weighted by Crippen LogP contribution is 2.41. The highest BCUT2D eigenvalue weighted by atomic mass is 19.4. The number of allylic oxidation sites excluding steroid dienone is 1. The molecule has 2 bridgehead atoms. The second-order valence-corrected chi connectivity index (χ2v) is 20.7. The lowest BCUT2D eigenvalue weighted by Crippen LogP contribution is -2.62. The summed E-state index contributed by atoms with van der Waals surface area (Å²) in [5.41, 5.74) is 8.86. The summed E-state index contributed by atoms with van der Waals surface area (Å²) in [6.45, 7) is 8.70. The molecule has 2 aromatic carbocycles. The lowest BCUT2D eigenvalue weighted by molar-refractivity contribution is -0.220. The zero-order valence-corrected chi connectivity index (χ0v) is 44.3. The van der Waals surface area contributed by atoms with Gasteiger partial charge < -0.3 is 51.6 Å². The second-order valence-electron chi connectivity index (χ2n) is 20.7. The molecule has 25 heteroatoms. The molecule has 8 N–H and O–H groups in total. The number of nitrogens with zero attached hydrogens (tertiary/aromatic N) is 5. The molecule has 3 fully saturated rings. The van der Waals surface area contributed by atoms with Gasteiger partial charge in [0.1, 0.15) is 17.7 Å². The van der Waals surface area contributed by atoms with Gasteiger partial charge in [-0.25, -0.2) is 32.3 Å². The van der Waals surface area contributed by atoms with E-state index in [0.29, 0.717) is 40.8 Å². The SMILES string of the molecule is COC(=O)C[C@H](C(N)=O)C(C)(C)C.COC(=O)N[C@H](C(=O)N[C@@H](Cc1ccc(C#Cc2cnc(N3C[C@H]4C[C@@H]3CN4C3COC3)nc2)cc1)[C@@H](O)CNCc1c(F)cc(C(N)=CC=NCC(F)F)cc1F)C(C)(C)C(F)(F)F. The fourth-order valence-electron chi connectivity index (χ4n) is 8.80. The molecule has 3 aromatic rings. The number of benzene rings is 2. The molecule has 3 amide bonds. The number of methoxy groups -OCH3 is 2. The summed E-state index contributed by atoms with van der Waals surface area (Å²) in [4.78, 5) is 65.0. The summed E-state index contributed by atoms with van der Waals surface area (Å²) < 4.78 is 112. The van der Waals surface area contributed by atoms with Gasteiger partial charge in [0.05, 0.1) is 75.5 Å². The molecule has 0 radical (unpaired) electrons. The predicted octanol–water partition coefficient (Wildman–Crippen LogP) is 4.64. The first kappa shape index (κ1) is 62.0. The number of anilines is 1. The Balaban J connectivity index is 0.000000761. The van der Waals surface area contributed by atoms with E-state index in [2.05, 4.69) is 56.7 Å². The number of aliphatic hydroxyl groups is 1. The van der Waals surface area contributed by atoms with Crippen molar-refractivity contribution in [2.75, 3.05) is 58.5 Å².